The number of unbranched alkanes of at least 4 members (excludes halogenated alkanes) is 5. The topological polar surface area (TPSA) is 55.1 Å². The van der Waals surface area contributed by atoms with E-state index >= 15 is 0 Å². The van der Waals surface area contributed by atoms with E-state index in [0.29, 0.717) is 6.42 Å². The molecule has 0 saturated heterocycles. The lowest BCUT2D eigenvalue weighted by molar-refractivity contribution is -0.137. The van der Waals surface area contributed by atoms with Crippen LogP contribution in [0.25, 0.3) is 0 Å². The monoisotopic (exact) mass is 238 g/mol. The highest BCUT2D eigenvalue weighted by Gasteiger charge is 1.99. The molecule has 0 spiro atoms. The van der Waals surface area contributed by atoms with Crippen molar-refractivity contribution in [2.45, 2.75) is 51.4 Å². The van der Waals surface area contributed by atoms with E-state index < -0.39 is 5.97 Å². The van der Waals surface area contributed by atoms with E-state index in [1.54, 1.807) is 0 Å². The van der Waals surface area contributed by atoms with Gasteiger partial charge in [-0.2, -0.15) is 0 Å². The molecule has 1 aromatic rings. The molecule has 0 amide bonds. The highest BCUT2D eigenvalue weighted by molar-refractivity contribution is 5.66. The van der Waals surface area contributed by atoms with Gasteiger partial charge >= 0.3 is 5.97 Å². The summed E-state index contributed by atoms with van der Waals surface area (Å²) in [5.41, 5.74) is 0. The van der Waals surface area contributed by atoms with Crippen LogP contribution in [0.1, 0.15) is 50.8 Å². The summed E-state index contributed by atoms with van der Waals surface area (Å²) < 4.78 is 2.06. The molecule has 4 nitrogen and oxygen atoms in total. The van der Waals surface area contributed by atoms with Gasteiger partial charge in [0.1, 0.15) is 5.82 Å². The molecule has 1 N–H and O–H groups in total. The van der Waals surface area contributed by atoms with Gasteiger partial charge in [-0.05, 0) is 12.8 Å². The van der Waals surface area contributed by atoms with Crippen LogP contribution in [0.4, 0.5) is 0 Å². The first kappa shape index (κ1) is 13.7. The Morgan fingerprint density at radius 1 is 1.24 bits per heavy atom. The van der Waals surface area contributed by atoms with E-state index in [2.05, 4.69) is 9.55 Å². The van der Waals surface area contributed by atoms with Gasteiger partial charge in [0.2, 0.25) is 0 Å². The van der Waals surface area contributed by atoms with Crippen LogP contribution in [0, 0.1) is 0 Å². The van der Waals surface area contributed by atoms with Crippen molar-refractivity contribution in [1.82, 2.24) is 9.55 Å². The number of nitrogens with zero attached hydrogens (tertiary/aromatic N) is 2. The van der Waals surface area contributed by atoms with Gasteiger partial charge in [-0.25, -0.2) is 4.98 Å². The molecule has 0 unspecified atom stereocenters. The van der Waals surface area contributed by atoms with Crippen molar-refractivity contribution in [3.05, 3.63) is 18.2 Å². The number of imidazole rings is 1. The van der Waals surface area contributed by atoms with Crippen LogP contribution in [0.5, 0.6) is 0 Å². The fourth-order valence-corrected chi connectivity index (χ4v) is 1.90. The Balaban J connectivity index is 1.91. The molecular weight excluding hydrogens is 216 g/mol. The van der Waals surface area contributed by atoms with Gasteiger partial charge in [0.15, 0.2) is 0 Å². The third-order valence-electron chi connectivity index (χ3n) is 2.96. The zero-order chi connectivity index (χ0) is 12.5. The predicted octanol–water partition coefficient (Wildman–Crippen LogP) is 2.78. The number of carboxylic acid groups (broad SMARTS) is 1. The van der Waals surface area contributed by atoms with E-state index in [1.807, 2.05) is 19.4 Å². The number of aliphatic carboxylic acids is 1. The van der Waals surface area contributed by atoms with Crippen LogP contribution in [0.2, 0.25) is 0 Å². The van der Waals surface area contributed by atoms with Crippen LogP contribution >= 0.6 is 0 Å². The molecule has 0 aliphatic rings. The Bertz CT molecular complexity index is 334. The maximum Gasteiger partial charge on any atom is 0.303 e. The van der Waals surface area contributed by atoms with Crippen molar-refractivity contribution >= 4 is 5.97 Å². The number of carbonyl (C=O) groups is 1. The average Bonchev–Trinajstić information content (AvgIpc) is 2.68. The normalized spacial score (nSPS) is 10.6. The molecule has 17 heavy (non-hydrogen) atoms. The van der Waals surface area contributed by atoms with Crippen LogP contribution in [0.3, 0.4) is 0 Å². The summed E-state index contributed by atoms with van der Waals surface area (Å²) in [4.78, 5) is 14.6. The minimum absolute atomic E-state index is 0.313. The molecule has 1 aromatic heterocycles. The average molecular weight is 238 g/mol. The van der Waals surface area contributed by atoms with E-state index in [-0.39, 0.29) is 0 Å². The molecule has 96 valence electrons. The molecule has 0 aliphatic carbocycles. The molecule has 0 aromatic carbocycles. The minimum Gasteiger partial charge on any atom is -0.481 e. The van der Waals surface area contributed by atoms with E-state index in [9.17, 15) is 4.79 Å². The molecule has 1 rings (SSSR count). The third kappa shape index (κ3) is 6.09. The number of rotatable bonds is 9. The molecule has 0 atom stereocenters. The summed E-state index contributed by atoms with van der Waals surface area (Å²) in [5.74, 6) is 0.468. The van der Waals surface area contributed by atoms with E-state index in [1.165, 1.54) is 19.3 Å². The fourth-order valence-electron chi connectivity index (χ4n) is 1.90. The number of aromatic nitrogens is 2. The van der Waals surface area contributed by atoms with E-state index in [4.69, 9.17) is 5.11 Å². The van der Waals surface area contributed by atoms with Crippen molar-refractivity contribution in [2.75, 3.05) is 0 Å². The van der Waals surface area contributed by atoms with Gasteiger partial charge in [0.25, 0.3) is 0 Å². The highest BCUT2D eigenvalue weighted by Crippen LogP contribution is 2.09. The molecule has 0 aliphatic heterocycles. The lowest BCUT2D eigenvalue weighted by Crippen LogP contribution is -1.97. The number of carboxylic acids is 1. The summed E-state index contributed by atoms with van der Waals surface area (Å²) >= 11 is 0. The summed E-state index contributed by atoms with van der Waals surface area (Å²) in [6.07, 6.45) is 11.7. The van der Waals surface area contributed by atoms with Crippen LogP contribution in [0.15, 0.2) is 12.4 Å². The molecule has 0 saturated carbocycles. The first-order valence-corrected chi connectivity index (χ1v) is 6.38. The summed E-state index contributed by atoms with van der Waals surface area (Å²) in [6.45, 7) is 0. The van der Waals surface area contributed by atoms with Crippen molar-refractivity contribution in [3.8, 4) is 0 Å². The van der Waals surface area contributed by atoms with Gasteiger partial charge in [0, 0.05) is 32.3 Å². The SMILES string of the molecule is Cn1ccnc1CCCCCCCCC(=O)O. The van der Waals surface area contributed by atoms with Gasteiger partial charge in [0.05, 0.1) is 0 Å². The summed E-state index contributed by atoms with van der Waals surface area (Å²) in [5, 5.41) is 8.48. The predicted molar refractivity (Wildman–Crippen MR) is 66.9 cm³/mol. The number of hydrogen-bond acceptors (Lipinski definition) is 2. The molecule has 0 radical (unpaired) electrons. The lowest BCUT2D eigenvalue weighted by atomic mass is 10.1. The Labute approximate surface area is 103 Å². The fraction of sp³-hybridized carbons (Fsp3) is 0.692. The molecule has 0 bridgehead atoms. The van der Waals surface area contributed by atoms with E-state index in [0.717, 1.165) is 31.5 Å². The largest absolute Gasteiger partial charge is 0.481 e. The Kier molecular flexibility index (Phi) is 6.37. The minimum atomic E-state index is -0.681. The van der Waals surface area contributed by atoms with Gasteiger partial charge in [-0.1, -0.05) is 25.7 Å². The molecule has 4 heteroatoms. The smallest absolute Gasteiger partial charge is 0.303 e. The van der Waals surface area contributed by atoms with Crippen molar-refractivity contribution in [2.24, 2.45) is 7.05 Å². The van der Waals surface area contributed by atoms with Gasteiger partial charge in [-0.3, -0.25) is 4.79 Å². The molecule has 1 heterocycles. The zero-order valence-electron chi connectivity index (χ0n) is 10.6. The van der Waals surface area contributed by atoms with Crippen LogP contribution in [-0.4, -0.2) is 20.6 Å². The van der Waals surface area contributed by atoms with Crippen molar-refractivity contribution in [1.29, 1.82) is 0 Å². The number of aryl methyl sites for hydroxylation is 2. The van der Waals surface area contributed by atoms with Crippen LogP contribution < -0.4 is 0 Å². The zero-order valence-corrected chi connectivity index (χ0v) is 10.6. The van der Waals surface area contributed by atoms with Gasteiger partial charge in [-0.15, -0.1) is 0 Å². The second-order valence-electron chi connectivity index (χ2n) is 4.47. The number of hydrogen-bond donors (Lipinski definition) is 1. The second-order valence-corrected chi connectivity index (χ2v) is 4.47. The third-order valence-corrected chi connectivity index (χ3v) is 2.96. The maximum absolute atomic E-state index is 10.3. The van der Waals surface area contributed by atoms with Crippen molar-refractivity contribution < 1.29 is 9.90 Å². The Morgan fingerprint density at radius 2 is 1.88 bits per heavy atom. The first-order chi connectivity index (χ1) is 8.20. The standard InChI is InChI=1S/C13H22N2O2/c1-15-11-10-14-12(15)8-6-4-2-3-5-7-9-13(16)17/h10-11H,2-9H2,1H3,(H,16,17). The summed E-state index contributed by atoms with van der Waals surface area (Å²) in [6, 6.07) is 0. The first-order valence-electron chi connectivity index (χ1n) is 6.38. The highest BCUT2D eigenvalue weighted by atomic mass is 16.4. The lowest BCUT2D eigenvalue weighted by Gasteiger charge is -2.02. The van der Waals surface area contributed by atoms with Crippen LogP contribution in [-0.2, 0) is 18.3 Å². The second kappa shape index (κ2) is 7.87. The quantitative estimate of drug-likeness (QED) is 0.673. The Hall–Kier alpha value is -1.32. The Morgan fingerprint density at radius 3 is 2.47 bits per heavy atom. The molecule has 0 fully saturated rings. The van der Waals surface area contributed by atoms with Gasteiger partial charge < -0.3 is 9.67 Å². The van der Waals surface area contributed by atoms with Crippen molar-refractivity contribution in [3.63, 3.8) is 0 Å². The summed E-state index contributed by atoms with van der Waals surface area (Å²) in [7, 11) is 2.02. The molecular formula is C13H22N2O2. The maximum atomic E-state index is 10.3.